The maximum atomic E-state index is 13.0. The van der Waals surface area contributed by atoms with E-state index >= 15 is 0 Å². The van der Waals surface area contributed by atoms with Crippen LogP contribution in [0.25, 0.3) is 11.3 Å². The Morgan fingerprint density at radius 3 is 2.48 bits per heavy atom. The van der Waals surface area contributed by atoms with Crippen LogP contribution in [0.2, 0.25) is 0 Å². The maximum Gasteiger partial charge on any atom is 0.243 e. The molecule has 0 aliphatic rings. The highest BCUT2D eigenvalue weighted by Crippen LogP contribution is 2.26. The van der Waals surface area contributed by atoms with Crippen molar-refractivity contribution in [1.29, 1.82) is 0 Å². The quantitative estimate of drug-likeness (QED) is 0.641. The molecule has 0 unspecified atom stereocenters. The third-order valence-corrected chi connectivity index (χ3v) is 7.02. The van der Waals surface area contributed by atoms with Gasteiger partial charge >= 0.3 is 0 Å². The van der Waals surface area contributed by atoms with Gasteiger partial charge in [-0.25, -0.2) is 17.8 Å². The molecule has 0 aliphatic carbocycles. The van der Waals surface area contributed by atoms with Gasteiger partial charge in [0.05, 0.1) is 17.1 Å². The number of sulfonamides is 1. The number of thiazole rings is 1. The van der Waals surface area contributed by atoms with E-state index in [-0.39, 0.29) is 4.90 Å². The molecule has 0 aliphatic heterocycles. The van der Waals surface area contributed by atoms with Crippen molar-refractivity contribution in [3.05, 3.63) is 64.8 Å². The Balaban J connectivity index is 1.67. The van der Waals surface area contributed by atoms with E-state index < -0.39 is 28.3 Å². The zero-order valence-corrected chi connectivity index (χ0v) is 17.8. The summed E-state index contributed by atoms with van der Waals surface area (Å²) >= 11 is 1.26. The number of amides is 1. The van der Waals surface area contributed by atoms with Crippen molar-refractivity contribution in [2.24, 2.45) is 0 Å². The van der Waals surface area contributed by atoms with Gasteiger partial charge in [0, 0.05) is 18.0 Å². The minimum Gasteiger partial charge on any atom is -0.301 e. The number of hydrogen-bond acceptors (Lipinski definition) is 5. The molecule has 0 radical (unpaired) electrons. The summed E-state index contributed by atoms with van der Waals surface area (Å²) in [7, 11) is -2.61. The Labute approximate surface area is 173 Å². The van der Waals surface area contributed by atoms with Crippen LogP contribution in [0.3, 0.4) is 0 Å². The van der Waals surface area contributed by atoms with Crippen molar-refractivity contribution < 1.29 is 17.6 Å². The van der Waals surface area contributed by atoms with E-state index in [1.807, 2.05) is 37.4 Å². The van der Waals surface area contributed by atoms with Gasteiger partial charge in [-0.3, -0.25) is 4.79 Å². The van der Waals surface area contributed by atoms with E-state index in [9.17, 15) is 17.6 Å². The number of hydrogen-bond donors (Lipinski definition) is 1. The molecule has 1 heterocycles. The van der Waals surface area contributed by atoms with Crippen LogP contribution in [0.4, 0.5) is 9.52 Å². The van der Waals surface area contributed by atoms with Gasteiger partial charge in [-0.2, -0.15) is 4.31 Å². The highest BCUT2D eigenvalue weighted by atomic mass is 32.2. The van der Waals surface area contributed by atoms with E-state index in [2.05, 4.69) is 10.3 Å². The highest BCUT2D eigenvalue weighted by molar-refractivity contribution is 7.89. The predicted octanol–water partition coefficient (Wildman–Crippen LogP) is 3.83. The largest absolute Gasteiger partial charge is 0.301 e. The van der Waals surface area contributed by atoms with E-state index in [0.29, 0.717) is 5.13 Å². The van der Waals surface area contributed by atoms with E-state index in [1.54, 1.807) is 0 Å². The van der Waals surface area contributed by atoms with Crippen LogP contribution in [0.15, 0.2) is 52.7 Å². The molecule has 0 fully saturated rings. The topological polar surface area (TPSA) is 79.4 Å². The molecule has 0 spiro atoms. The third kappa shape index (κ3) is 4.87. The van der Waals surface area contributed by atoms with Gasteiger partial charge in [-0.05, 0) is 55.3 Å². The van der Waals surface area contributed by atoms with Crippen molar-refractivity contribution in [3.8, 4) is 11.3 Å². The minimum absolute atomic E-state index is 0.0829. The number of nitrogens with zero attached hydrogens (tertiary/aromatic N) is 2. The molecule has 3 rings (SSSR count). The van der Waals surface area contributed by atoms with Crippen molar-refractivity contribution >= 4 is 32.4 Å². The lowest BCUT2D eigenvalue weighted by atomic mass is 10.1. The zero-order chi connectivity index (χ0) is 21.2. The Kier molecular flexibility index (Phi) is 6.11. The Morgan fingerprint density at radius 2 is 1.83 bits per heavy atom. The standard InChI is InChI=1S/C20H20FN3O3S2/c1-13-4-5-15(10-14(13)2)18-12-28-20(22-18)23-19(25)11-24(3)29(26,27)17-8-6-16(21)7-9-17/h4-10,12H,11H2,1-3H3,(H,22,23,25). The zero-order valence-electron chi connectivity index (χ0n) is 16.1. The van der Waals surface area contributed by atoms with Crippen LogP contribution in [-0.2, 0) is 14.8 Å². The Bertz CT molecular complexity index is 1140. The molecule has 0 bridgehead atoms. The molecule has 0 atom stereocenters. The molecular formula is C20H20FN3O3S2. The molecule has 2 aromatic carbocycles. The van der Waals surface area contributed by atoms with Gasteiger partial charge < -0.3 is 5.32 Å². The van der Waals surface area contributed by atoms with Gasteiger partial charge in [-0.1, -0.05) is 12.1 Å². The summed E-state index contributed by atoms with van der Waals surface area (Å²) in [4.78, 5) is 16.6. The SMILES string of the molecule is Cc1ccc(-c2csc(NC(=O)CN(C)S(=O)(=O)c3ccc(F)cc3)n2)cc1C. The lowest BCUT2D eigenvalue weighted by Crippen LogP contribution is -2.34. The molecule has 0 saturated heterocycles. The second kappa shape index (κ2) is 8.40. The molecule has 0 saturated carbocycles. The first kappa shape index (κ1) is 21.1. The summed E-state index contributed by atoms with van der Waals surface area (Å²) < 4.78 is 38.9. The van der Waals surface area contributed by atoms with Crippen LogP contribution < -0.4 is 5.32 Å². The number of likely N-dealkylation sites (N-methyl/N-ethyl adjacent to an activating group) is 1. The summed E-state index contributed by atoms with van der Waals surface area (Å²) in [6, 6.07) is 10.4. The molecular weight excluding hydrogens is 413 g/mol. The third-order valence-electron chi connectivity index (χ3n) is 4.44. The fraction of sp³-hybridized carbons (Fsp3) is 0.200. The second-order valence-corrected chi connectivity index (χ2v) is 9.50. The second-order valence-electron chi connectivity index (χ2n) is 6.60. The number of rotatable bonds is 6. The average molecular weight is 434 g/mol. The van der Waals surface area contributed by atoms with Gasteiger partial charge in [-0.15, -0.1) is 11.3 Å². The number of benzene rings is 2. The van der Waals surface area contributed by atoms with Gasteiger partial charge in [0.2, 0.25) is 15.9 Å². The number of nitrogens with one attached hydrogen (secondary N) is 1. The first-order chi connectivity index (χ1) is 13.7. The van der Waals surface area contributed by atoms with Gasteiger partial charge in [0.1, 0.15) is 5.82 Å². The first-order valence-electron chi connectivity index (χ1n) is 8.72. The summed E-state index contributed by atoms with van der Waals surface area (Å²) in [5.41, 5.74) is 4.01. The van der Waals surface area contributed by atoms with E-state index in [0.717, 1.165) is 45.4 Å². The summed E-state index contributed by atoms with van der Waals surface area (Å²) in [6.45, 7) is 3.66. The van der Waals surface area contributed by atoms with E-state index in [1.165, 1.54) is 23.9 Å². The van der Waals surface area contributed by atoms with Gasteiger partial charge in [0.25, 0.3) is 0 Å². The molecule has 3 aromatic rings. The van der Waals surface area contributed by atoms with Crippen LogP contribution >= 0.6 is 11.3 Å². The number of carbonyl (C=O) groups is 1. The highest BCUT2D eigenvalue weighted by Gasteiger charge is 2.23. The summed E-state index contributed by atoms with van der Waals surface area (Å²) in [6.07, 6.45) is 0. The number of halogens is 1. The van der Waals surface area contributed by atoms with E-state index in [4.69, 9.17) is 0 Å². The number of aromatic nitrogens is 1. The first-order valence-corrected chi connectivity index (χ1v) is 11.0. The summed E-state index contributed by atoms with van der Waals surface area (Å²) in [5, 5.41) is 4.84. The van der Waals surface area contributed by atoms with Crippen molar-refractivity contribution in [2.45, 2.75) is 18.7 Å². The monoisotopic (exact) mass is 433 g/mol. The number of aryl methyl sites for hydroxylation is 2. The fourth-order valence-electron chi connectivity index (χ4n) is 2.60. The Morgan fingerprint density at radius 1 is 1.14 bits per heavy atom. The van der Waals surface area contributed by atoms with Crippen LogP contribution in [0, 0.1) is 19.7 Å². The lowest BCUT2D eigenvalue weighted by molar-refractivity contribution is -0.116. The molecule has 29 heavy (non-hydrogen) atoms. The van der Waals surface area contributed by atoms with Crippen LogP contribution in [-0.4, -0.2) is 37.2 Å². The minimum atomic E-state index is -3.90. The van der Waals surface area contributed by atoms with Gasteiger partial charge in [0.15, 0.2) is 5.13 Å². The molecule has 9 heteroatoms. The average Bonchev–Trinajstić information content (AvgIpc) is 3.12. The smallest absolute Gasteiger partial charge is 0.243 e. The lowest BCUT2D eigenvalue weighted by Gasteiger charge is -2.16. The normalized spacial score (nSPS) is 11.6. The van der Waals surface area contributed by atoms with Crippen molar-refractivity contribution in [3.63, 3.8) is 0 Å². The molecule has 6 nitrogen and oxygen atoms in total. The predicted molar refractivity (Wildman–Crippen MR) is 112 cm³/mol. The van der Waals surface area contributed by atoms with Crippen molar-refractivity contribution in [1.82, 2.24) is 9.29 Å². The molecule has 1 aromatic heterocycles. The van der Waals surface area contributed by atoms with Crippen molar-refractivity contribution in [2.75, 3.05) is 18.9 Å². The Hall–Kier alpha value is -2.62. The van der Waals surface area contributed by atoms with Crippen LogP contribution in [0.1, 0.15) is 11.1 Å². The maximum absolute atomic E-state index is 13.0. The number of carbonyl (C=O) groups excluding carboxylic acids is 1. The fourth-order valence-corrected chi connectivity index (χ4v) is 4.46. The van der Waals surface area contributed by atoms with Crippen LogP contribution in [0.5, 0.6) is 0 Å². The molecule has 1 N–H and O–H groups in total. The summed E-state index contributed by atoms with van der Waals surface area (Å²) in [5.74, 6) is -1.05. The molecule has 152 valence electrons. The number of anilines is 1. The molecule has 1 amide bonds.